The molecule has 0 saturated carbocycles. The average Bonchev–Trinajstić information content (AvgIpc) is 2.35. The van der Waals surface area contributed by atoms with E-state index in [-0.39, 0.29) is 12.5 Å². The van der Waals surface area contributed by atoms with Gasteiger partial charge in [0.25, 0.3) is 0 Å². The van der Waals surface area contributed by atoms with Gasteiger partial charge in [0.05, 0.1) is 19.1 Å². The Balaban J connectivity index is 2.04. The van der Waals surface area contributed by atoms with Crippen LogP contribution in [-0.4, -0.2) is 35.4 Å². The van der Waals surface area contributed by atoms with Gasteiger partial charge in [-0.2, -0.15) is 0 Å². The highest BCUT2D eigenvalue weighted by Crippen LogP contribution is 2.19. The van der Waals surface area contributed by atoms with Crippen LogP contribution in [0.1, 0.15) is 11.1 Å². The lowest BCUT2D eigenvalue weighted by Crippen LogP contribution is -2.30. The quantitative estimate of drug-likeness (QED) is 0.574. The molecule has 17 heavy (non-hydrogen) atoms. The highest BCUT2D eigenvalue weighted by atomic mass is 16.3. The summed E-state index contributed by atoms with van der Waals surface area (Å²) in [7, 11) is 0. The molecule has 5 nitrogen and oxygen atoms in total. The summed E-state index contributed by atoms with van der Waals surface area (Å²) >= 11 is 0. The molecule has 1 amide bonds. The minimum atomic E-state index is -0.759. The van der Waals surface area contributed by atoms with Crippen molar-refractivity contribution in [1.82, 2.24) is 5.32 Å². The van der Waals surface area contributed by atoms with E-state index in [9.17, 15) is 9.90 Å². The predicted octanol–water partition coefficient (Wildman–Crippen LogP) is -0.376. The molecule has 1 aromatic rings. The molecule has 1 aliphatic heterocycles. The maximum Gasteiger partial charge on any atom is 0.224 e. The lowest BCUT2D eigenvalue weighted by molar-refractivity contribution is -0.121. The largest absolute Gasteiger partial charge is 0.394 e. The van der Waals surface area contributed by atoms with Crippen LogP contribution < -0.4 is 10.6 Å². The van der Waals surface area contributed by atoms with Crippen molar-refractivity contribution in [3.63, 3.8) is 0 Å². The Morgan fingerprint density at radius 2 is 2.24 bits per heavy atom. The average molecular weight is 236 g/mol. The first-order valence-corrected chi connectivity index (χ1v) is 5.60. The van der Waals surface area contributed by atoms with Crippen LogP contribution >= 0.6 is 0 Å². The van der Waals surface area contributed by atoms with Crippen molar-refractivity contribution in [2.45, 2.75) is 19.1 Å². The summed E-state index contributed by atoms with van der Waals surface area (Å²) in [5.74, 6) is 0.0499. The van der Waals surface area contributed by atoms with Gasteiger partial charge < -0.3 is 20.8 Å². The third-order valence-electron chi connectivity index (χ3n) is 2.79. The summed E-state index contributed by atoms with van der Waals surface area (Å²) in [5, 5.41) is 23.7. The summed E-state index contributed by atoms with van der Waals surface area (Å²) in [5.41, 5.74) is 3.02. The maximum atomic E-state index is 11.2. The smallest absolute Gasteiger partial charge is 0.224 e. The van der Waals surface area contributed by atoms with Crippen LogP contribution in [0.2, 0.25) is 0 Å². The van der Waals surface area contributed by atoms with Crippen LogP contribution in [0, 0.1) is 0 Å². The zero-order chi connectivity index (χ0) is 12.3. The summed E-state index contributed by atoms with van der Waals surface area (Å²) in [6.07, 6.45) is -0.333. The molecule has 0 radical (unpaired) electrons. The van der Waals surface area contributed by atoms with Gasteiger partial charge in [-0.05, 0) is 23.3 Å². The Morgan fingerprint density at radius 1 is 1.41 bits per heavy atom. The van der Waals surface area contributed by atoms with E-state index in [2.05, 4.69) is 10.6 Å². The molecule has 5 heteroatoms. The van der Waals surface area contributed by atoms with Crippen LogP contribution in [0.3, 0.4) is 0 Å². The number of hydrogen-bond acceptors (Lipinski definition) is 4. The Bertz CT molecular complexity index is 420. The summed E-state index contributed by atoms with van der Waals surface area (Å²) in [6.45, 7) is 0.599. The van der Waals surface area contributed by atoms with E-state index in [0.29, 0.717) is 19.5 Å². The molecule has 92 valence electrons. The first-order valence-electron chi connectivity index (χ1n) is 5.60. The molecule has 0 spiro atoms. The first-order chi connectivity index (χ1) is 8.19. The number of benzene rings is 1. The second kappa shape index (κ2) is 5.16. The van der Waals surface area contributed by atoms with E-state index >= 15 is 0 Å². The Labute approximate surface area is 99.5 Å². The third-order valence-corrected chi connectivity index (χ3v) is 2.79. The Morgan fingerprint density at radius 3 is 3.00 bits per heavy atom. The molecule has 2 rings (SSSR count). The highest BCUT2D eigenvalue weighted by Gasteiger charge is 2.14. The van der Waals surface area contributed by atoms with Crippen molar-refractivity contribution in [3.05, 3.63) is 29.3 Å². The van der Waals surface area contributed by atoms with Crippen molar-refractivity contribution < 1.29 is 15.0 Å². The van der Waals surface area contributed by atoms with E-state index in [0.717, 1.165) is 16.8 Å². The van der Waals surface area contributed by atoms with E-state index < -0.39 is 6.10 Å². The number of nitrogens with one attached hydrogen (secondary N) is 2. The van der Waals surface area contributed by atoms with E-state index in [1.807, 2.05) is 18.2 Å². The van der Waals surface area contributed by atoms with Gasteiger partial charge in [-0.15, -0.1) is 0 Å². The standard InChI is InChI=1S/C12H16N2O3/c15-7-11(16)6-13-10-2-1-8-4-12(17)14-5-9(8)3-10/h1-3,11,13,15-16H,4-7H2,(H,14,17). The fourth-order valence-electron chi connectivity index (χ4n) is 1.80. The monoisotopic (exact) mass is 236 g/mol. The molecule has 1 aromatic carbocycles. The molecule has 0 aromatic heterocycles. The van der Waals surface area contributed by atoms with Gasteiger partial charge in [0, 0.05) is 18.8 Å². The molecule has 0 saturated heterocycles. The molecule has 1 atom stereocenters. The number of hydrogen-bond donors (Lipinski definition) is 4. The van der Waals surface area contributed by atoms with Gasteiger partial charge >= 0.3 is 0 Å². The zero-order valence-corrected chi connectivity index (χ0v) is 9.44. The molecular weight excluding hydrogens is 220 g/mol. The first kappa shape index (κ1) is 11.9. The van der Waals surface area contributed by atoms with Gasteiger partial charge in [-0.1, -0.05) is 6.07 Å². The van der Waals surface area contributed by atoms with Gasteiger partial charge in [-0.25, -0.2) is 0 Å². The third kappa shape index (κ3) is 2.95. The van der Waals surface area contributed by atoms with Gasteiger partial charge in [0.2, 0.25) is 5.91 Å². The second-order valence-corrected chi connectivity index (χ2v) is 4.15. The molecule has 1 heterocycles. The van der Waals surface area contributed by atoms with Crippen LogP contribution in [0.4, 0.5) is 5.69 Å². The lowest BCUT2D eigenvalue weighted by atomic mass is 10.00. The molecule has 0 fully saturated rings. The number of fused-ring (bicyclic) bond motifs is 1. The number of anilines is 1. The lowest BCUT2D eigenvalue weighted by Gasteiger charge is -2.18. The number of carbonyl (C=O) groups is 1. The highest BCUT2D eigenvalue weighted by molar-refractivity contribution is 5.81. The van der Waals surface area contributed by atoms with Crippen LogP contribution in [0.5, 0.6) is 0 Å². The van der Waals surface area contributed by atoms with Crippen LogP contribution in [0.25, 0.3) is 0 Å². The van der Waals surface area contributed by atoms with Gasteiger partial charge in [0.1, 0.15) is 0 Å². The SMILES string of the molecule is O=C1Cc2ccc(NCC(O)CO)cc2CN1. The topological polar surface area (TPSA) is 81.6 Å². The van der Waals surface area contributed by atoms with Gasteiger partial charge in [0.15, 0.2) is 0 Å². The molecule has 0 aliphatic carbocycles. The van der Waals surface area contributed by atoms with Crippen molar-refractivity contribution >= 4 is 11.6 Å². The summed E-state index contributed by atoms with van der Waals surface area (Å²) < 4.78 is 0. The number of aliphatic hydroxyl groups is 2. The Kier molecular flexibility index (Phi) is 3.61. The summed E-state index contributed by atoms with van der Waals surface area (Å²) in [4.78, 5) is 11.2. The normalized spacial score (nSPS) is 16.0. The van der Waals surface area contributed by atoms with Crippen LogP contribution in [0.15, 0.2) is 18.2 Å². The van der Waals surface area contributed by atoms with E-state index in [1.54, 1.807) is 0 Å². The fraction of sp³-hybridized carbons (Fsp3) is 0.417. The maximum absolute atomic E-state index is 11.2. The molecular formula is C12H16N2O3. The second-order valence-electron chi connectivity index (χ2n) is 4.15. The zero-order valence-electron chi connectivity index (χ0n) is 9.44. The van der Waals surface area contributed by atoms with E-state index in [1.165, 1.54) is 0 Å². The number of carbonyl (C=O) groups excluding carboxylic acids is 1. The minimum Gasteiger partial charge on any atom is -0.394 e. The predicted molar refractivity (Wildman–Crippen MR) is 63.6 cm³/mol. The van der Waals surface area contributed by atoms with Crippen molar-refractivity contribution in [1.29, 1.82) is 0 Å². The van der Waals surface area contributed by atoms with Crippen molar-refractivity contribution in [2.24, 2.45) is 0 Å². The molecule has 1 unspecified atom stereocenters. The van der Waals surface area contributed by atoms with Crippen molar-refractivity contribution in [2.75, 3.05) is 18.5 Å². The van der Waals surface area contributed by atoms with Crippen molar-refractivity contribution in [3.8, 4) is 0 Å². The van der Waals surface area contributed by atoms with Gasteiger partial charge in [-0.3, -0.25) is 4.79 Å². The molecule has 1 aliphatic rings. The summed E-state index contributed by atoms with van der Waals surface area (Å²) in [6, 6.07) is 5.75. The van der Waals surface area contributed by atoms with E-state index in [4.69, 9.17) is 5.11 Å². The fourth-order valence-corrected chi connectivity index (χ4v) is 1.80. The number of rotatable bonds is 4. The minimum absolute atomic E-state index is 0.0499. The molecule has 0 bridgehead atoms. The number of aliphatic hydroxyl groups excluding tert-OH is 2. The van der Waals surface area contributed by atoms with Crippen LogP contribution in [-0.2, 0) is 17.8 Å². The number of amides is 1. The Hall–Kier alpha value is -1.59. The molecule has 4 N–H and O–H groups in total.